The van der Waals surface area contributed by atoms with Gasteiger partial charge in [-0.25, -0.2) is 0 Å². The smallest absolute Gasteiger partial charge is 0.0782 e. The molecule has 0 aromatic carbocycles. The second-order valence-electron chi connectivity index (χ2n) is 26.9. The molecular weight excluding hydrogens is 1040 g/mol. The van der Waals surface area contributed by atoms with Crippen LogP contribution in [0.3, 0.4) is 0 Å². The van der Waals surface area contributed by atoms with E-state index in [2.05, 4.69) is 104 Å². The minimum absolute atomic E-state index is 1.23. The predicted octanol–water partition coefficient (Wildman–Crippen LogP) is 24.9. The summed E-state index contributed by atoms with van der Waals surface area (Å²) in [6, 6.07) is 0. The largest absolute Gasteiger partial charge is 0.759 e. The quantitative estimate of drug-likeness (QED) is 0.0200. The van der Waals surface area contributed by atoms with E-state index in [1.54, 1.807) is 0 Å². The minimum atomic E-state index is -5.17. The number of rotatable bonds is 64. The van der Waals surface area contributed by atoms with Gasteiger partial charge < -0.3 is 18.1 Å². The average molecular weight is 1190 g/mol. The van der Waals surface area contributed by atoms with E-state index in [0.29, 0.717) is 0 Å². The Labute approximate surface area is 524 Å². The maximum absolute atomic E-state index is 8.52. The Kier molecular flexibility index (Phi) is 74.0. The molecule has 0 N–H and O–H groups in total. The number of hydrogen-bond acceptors (Lipinski definition) is 4. The van der Waals surface area contributed by atoms with Crippen LogP contribution >= 0.6 is 0 Å². The second-order valence-corrected chi connectivity index (χ2v) is 27.7. The van der Waals surface area contributed by atoms with Crippen LogP contribution in [0.25, 0.3) is 0 Å². The molecule has 6 nitrogen and oxygen atoms in total. The molecule has 0 saturated heterocycles. The van der Waals surface area contributed by atoms with Crippen LogP contribution in [0.15, 0.2) is 48.6 Å². The van der Waals surface area contributed by atoms with Gasteiger partial charge in [0.2, 0.25) is 0 Å². The molecule has 0 fully saturated rings. The van der Waals surface area contributed by atoms with Gasteiger partial charge in [-0.15, -0.1) is 0 Å². The van der Waals surface area contributed by atoms with E-state index in [-0.39, 0.29) is 0 Å². The maximum atomic E-state index is 8.52. The number of quaternary nitrogens is 2. The molecule has 0 bridgehead atoms. The highest BCUT2D eigenvalue weighted by molar-refractivity contribution is 7.79. The van der Waals surface area contributed by atoms with Gasteiger partial charge in [0.1, 0.15) is 0 Å². The Morgan fingerprint density at radius 1 is 0.217 bits per heavy atom. The molecule has 0 unspecified atom stereocenters. The average Bonchev–Trinajstić information content (AvgIpc) is 3.44. The van der Waals surface area contributed by atoms with E-state index in [4.69, 9.17) is 17.5 Å². The summed E-state index contributed by atoms with van der Waals surface area (Å²) in [5, 5.41) is 0. The second kappa shape index (κ2) is 71.5. The molecule has 0 rings (SSSR count). The van der Waals surface area contributed by atoms with E-state index in [9.17, 15) is 0 Å². The molecule has 7 heteroatoms. The van der Waals surface area contributed by atoms with Crippen LogP contribution in [0.4, 0.5) is 0 Å². The molecular formula is C76H152N2O4S. The van der Waals surface area contributed by atoms with Gasteiger partial charge in [0.05, 0.1) is 54.4 Å². The van der Waals surface area contributed by atoms with Crippen LogP contribution in [0.5, 0.6) is 0 Å². The molecule has 0 aromatic heterocycles. The lowest BCUT2D eigenvalue weighted by Gasteiger charge is -2.30. The van der Waals surface area contributed by atoms with E-state index in [1.165, 1.54) is 395 Å². The maximum Gasteiger partial charge on any atom is 0.0782 e. The van der Waals surface area contributed by atoms with Gasteiger partial charge in [-0.3, -0.25) is 8.42 Å². The van der Waals surface area contributed by atoms with Crippen LogP contribution in [-0.2, 0) is 10.4 Å². The van der Waals surface area contributed by atoms with Gasteiger partial charge >= 0.3 is 0 Å². The van der Waals surface area contributed by atoms with Crippen molar-refractivity contribution >= 4 is 10.4 Å². The zero-order chi connectivity index (χ0) is 61.6. The van der Waals surface area contributed by atoms with Gasteiger partial charge in [-0.1, -0.05) is 282 Å². The molecule has 0 heterocycles. The van der Waals surface area contributed by atoms with Crippen molar-refractivity contribution in [1.82, 2.24) is 0 Å². The fraction of sp³-hybridized carbons (Fsp3) is 0.895. The van der Waals surface area contributed by atoms with Crippen molar-refractivity contribution in [3.8, 4) is 0 Å². The van der Waals surface area contributed by atoms with Gasteiger partial charge in [0.15, 0.2) is 0 Å². The first-order valence-corrected chi connectivity index (χ1v) is 38.5. The van der Waals surface area contributed by atoms with Crippen LogP contribution in [-0.4, -0.2) is 80.9 Å². The lowest BCUT2D eigenvalue weighted by molar-refractivity contribution is -0.890. The fourth-order valence-electron chi connectivity index (χ4n) is 11.4. The number of hydrogen-bond donors (Lipinski definition) is 0. The Morgan fingerprint density at radius 2 is 0.325 bits per heavy atom. The number of nitrogens with zero attached hydrogens (tertiary/aromatic N) is 2. The summed E-state index contributed by atoms with van der Waals surface area (Å²) in [5.41, 5.74) is 0. The SMILES string of the molecule is CCCCCCCC/C=C\CCCCCCCC[N+](C)(C)CCCCCCCC/C=C\CCCCCCCC.CCCCCCCC/C=C\CCCCCCCC[N+](C)(C)CCCCCCCC/C=C\CCCCCCCC.O=S(=O)([O-])[O-]. The van der Waals surface area contributed by atoms with Crippen LogP contribution in [0.1, 0.15) is 387 Å². The Morgan fingerprint density at radius 3 is 0.458 bits per heavy atom. The van der Waals surface area contributed by atoms with Crippen molar-refractivity contribution < 1.29 is 26.5 Å². The summed E-state index contributed by atoms with van der Waals surface area (Å²) >= 11 is 0. The Hall–Kier alpha value is -1.25. The zero-order valence-electron chi connectivity index (χ0n) is 58.0. The lowest BCUT2D eigenvalue weighted by atomic mass is 10.1. The third kappa shape index (κ3) is 89.6. The van der Waals surface area contributed by atoms with Crippen LogP contribution in [0.2, 0.25) is 0 Å². The lowest BCUT2D eigenvalue weighted by Crippen LogP contribution is -2.41. The van der Waals surface area contributed by atoms with E-state index >= 15 is 0 Å². The first-order chi connectivity index (χ1) is 40.2. The summed E-state index contributed by atoms with van der Waals surface area (Å²) in [7, 11) is 4.65. The predicted molar refractivity (Wildman–Crippen MR) is 372 cm³/mol. The summed E-state index contributed by atoms with van der Waals surface area (Å²) in [6.45, 7) is 14.7. The number of unbranched alkanes of at least 4 members (excludes halogenated alkanes) is 48. The van der Waals surface area contributed by atoms with Crippen molar-refractivity contribution in [2.75, 3.05) is 54.4 Å². The molecule has 0 amide bonds. The zero-order valence-corrected chi connectivity index (χ0v) is 58.8. The van der Waals surface area contributed by atoms with Gasteiger partial charge in [0.25, 0.3) is 0 Å². The fourth-order valence-corrected chi connectivity index (χ4v) is 11.4. The highest BCUT2D eigenvalue weighted by atomic mass is 32.3. The standard InChI is InChI=1S/2C38H76N.H2O4S/c2*1-5-7-9-11-13-15-17-19-21-23-25-27-29-31-33-35-37-39(3,4)38-36-34-32-30-28-26-24-22-20-18-16-14-12-10-8-6-2;1-5(2,3)4/h2*19-22H,5-18,23-38H2,1-4H3;(H2,1,2,3,4)/q2*+1;/p-2/b2*21-19-,22-20-;. The number of allylic oxidation sites excluding steroid dienone is 8. The van der Waals surface area contributed by atoms with Crippen LogP contribution in [0, 0.1) is 0 Å². The first-order valence-electron chi connectivity index (χ1n) is 37.1. The van der Waals surface area contributed by atoms with E-state index in [0.717, 1.165) is 0 Å². The van der Waals surface area contributed by atoms with Crippen molar-refractivity contribution in [2.24, 2.45) is 0 Å². The molecule has 0 aromatic rings. The highest BCUT2D eigenvalue weighted by Crippen LogP contribution is 2.17. The molecule has 0 radical (unpaired) electrons. The molecule has 0 atom stereocenters. The van der Waals surface area contributed by atoms with Crippen molar-refractivity contribution in [3.63, 3.8) is 0 Å². The highest BCUT2D eigenvalue weighted by Gasteiger charge is 2.15. The monoisotopic (exact) mass is 1190 g/mol. The molecule has 83 heavy (non-hydrogen) atoms. The molecule has 0 aliphatic carbocycles. The van der Waals surface area contributed by atoms with E-state index < -0.39 is 10.4 Å². The Bertz CT molecular complexity index is 1250. The molecule has 0 spiro atoms. The third-order valence-electron chi connectivity index (χ3n) is 17.1. The topological polar surface area (TPSA) is 80.3 Å². The van der Waals surface area contributed by atoms with Gasteiger partial charge in [-0.2, -0.15) is 0 Å². The van der Waals surface area contributed by atoms with Gasteiger partial charge in [-0.05, 0) is 154 Å². The Balaban J connectivity index is -0.00000142. The first kappa shape index (κ1) is 86.0. The molecule has 0 aliphatic heterocycles. The van der Waals surface area contributed by atoms with Crippen molar-refractivity contribution in [3.05, 3.63) is 48.6 Å². The summed E-state index contributed by atoms with van der Waals surface area (Å²) in [6.07, 6.45) is 98.1. The van der Waals surface area contributed by atoms with Crippen LogP contribution < -0.4 is 0 Å². The molecule has 0 saturated carbocycles. The van der Waals surface area contributed by atoms with Gasteiger partial charge in [0, 0.05) is 10.4 Å². The summed E-state index contributed by atoms with van der Waals surface area (Å²) in [4.78, 5) is 0. The summed E-state index contributed by atoms with van der Waals surface area (Å²) in [5.74, 6) is 0. The third-order valence-corrected chi connectivity index (χ3v) is 17.1. The minimum Gasteiger partial charge on any atom is -0.759 e. The summed E-state index contributed by atoms with van der Waals surface area (Å²) < 4.78 is 36.5. The van der Waals surface area contributed by atoms with E-state index in [1.807, 2.05) is 0 Å². The normalized spacial score (nSPS) is 12.4. The molecule has 0 aliphatic rings. The van der Waals surface area contributed by atoms with Crippen molar-refractivity contribution in [1.29, 1.82) is 0 Å². The van der Waals surface area contributed by atoms with Crippen molar-refractivity contribution in [2.45, 2.75) is 387 Å². The molecule has 496 valence electrons.